The Morgan fingerprint density at radius 3 is 2.13 bits per heavy atom. The van der Waals surface area contributed by atoms with Crippen LogP contribution in [0.25, 0.3) is 0 Å². The minimum atomic E-state index is -2.10. The maximum absolute atomic E-state index is 16.8. The van der Waals surface area contributed by atoms with Gasteiger partial charge in [-0.2, -0.15) is 0 Å². The van der Waals surface area contributed by atoms with Crippen LogP contribution in [-0.4, -0.2) is 118 Å². The van der Waals surface area contributed by atoms with Crippen LogP contribution >= 0.6 is 0 Å². The summed E-state index contributed by atoms with van der Waals surface area (Å²) in [6, 6.07) is 41.6. The van der Waals surface area contributed by atoms with E-state index in [-0.39, 0.29) is 45.2 Å². The van der Waals surface area contributed by atoms with Crippen molar-refractivity contribution in [1.29, 1.82) is 0 Å². The van der Waals surface area contributed by atoms with E-state index in [1.165, 1.54) is 7.11 Å². The normalized spacial score (nSPS) is 21.5. The van der Waals surface area contributed by atoms with Gasteiger partial charge in [0.25, 0.3) is 0 Å². The van der Waals surface area contributed by atoms with Gasteiger partial charge in [-0.25, -0.2) is 9.69 Å². The first-order valence-electron chi connectivity index (χ1n) is 25.4. The average molecular weight is 1030 g/mol. The predicted molar refractivity (Wildman–Crippen MR) is 282 cm³/mol. The minimum Gasteiger partial charge on any atom is -0.493 e. The molecule has 4 heterocycles. The smallest absolute Gasteiger partial charge is 0.421 e. The molecule has 15 nitrogen and oxygen atoms in total. The molecule has 6 unspecified atom stereocenters. The number of aliphatic hydroxyl groups is 1. The molecule has 6 aromatic rings. The first-order chi connectivity index (χ1) is 37.1. The zero-order valence-corrected chi connectivity index (χ0v) is 42.9. The fourth-order valence-electron chi connectivity index (χ4n) is 11.7. The Hall–Kier alpha value is -8.00. The number of benzene rings is 6. The van der Waals surface area contributed by atoms with Crippen molar-refractivity contribution in [2.24, 2.45) is 5.92 Å². The van der Waals surface area contributed by atoms with Gasteiger partial charge in [-0.1, -0.05) is 121 Å². The number of amides is 3. The zero-order valence-electron chi connectivity index (χ0n) is 42.9. The molecule has 1 N–H and O–H groups in total. The standard InChI is InChI=1S/C61H60N4O11/c1-62(38-41-17-8-5-9-18-41)29-16-19-40-26-27-48-47(35-40)61(59(69)64(48)60(70)75-34-33-71-2)52(57(67)63-30-28-44-36-50(72-3)51(73-4)37-45(44)39-63)54-58(68)76-55(43-22-12-7-13-23-43)53(42-20-10-6-11-21-42)65(54)56(61)46-24-14-15-25-49(46)74-32-31-66/h5-15,17-18,20-27,35-37,52-56,66H,28-34,38-39H2,1-4H3. The fourth-order valence-corrected chi connectivity index (χ4v) is 11.7. The van der Waals surface area contributed by atoms with Crippen LogP contribution in [0.2, 0.25) is 0 Å². The van der Waals surface area contributed by atoms with Crippen LogP contribution in [0.4, 0.5) is 10.5 Å². The number of fused-ring (bicyclic) bond motifs is 4. The molecule has 15 heteroatoms. The van der Waals surface area contributed by atoms with Crippen molar-refractivity contribution < 1.29 is 52.7 Å². The van der Waals surface area contributed by atoms with E-state index in [2.05, 4.69) is 28.9 Å². The van der Waals surface area contributed by atoms with Crippen molar-refractivity contribution in [3.8, 4) is 29.1 Å². The Kier molecular flexibility index (Phi) is 15.2. The van der Waals surface area contributed by atoms with E-state index >= 15 is 14.4 Å². The van der Waals surface area contributed by atoms with Crippen LogP contribution in [0.5, 0.6) is 17.2 Å². The van der Waals surface area contributed by atoms with E-state index < -0.39 is 59.4 Å². The van der Waals surface area contributed by atoms with Crippen molar-refractivity contribution in [2.45, 2.75) is 49.2 Å². The number of morpholine rings is 1. The van der Waals surface area contributed by atoms with Crippen LogP contribution in [0.15, 0.2) is 146 Å². The molecular formula is C61H60N4O11. The Bertz CT molecular complexity index is 3160. The number of nitrogens with zero attached hydrogens (tertiary/aromatic N) is 4. The highest BCUT2D eigenvalue weighted by atomic mass is 16.6. The topological polar surface area (TPSA) is 157 Å². The van der Waals surface area contributed by atoms with Gasteiger partial charge < -0.3 is 38.4 Å². The summed E-state index contributed by atoms with van der Waals surface area (Å²) < 4.78 is 35.6. The van der Waals surface area contributed by atoms with E-state index in [0.717, 1.165) is 27.2 Å². The van der Waals surface area contributed by atoms with Gasteiger partial charge in [0, 0.05) is 37.9 Å². The summed E-state index contributed by atoms with van der Waals surface area (Å²) in [5, 5.41) is 10.2. The van der Waals surface area contributed by atoms with Gasteiger partial charge >= 0.3 is 12.1 Å². The molecule has 0 saturated carbocycles. The number of ether oxygens (including phenoxy) is 6. The lowest BCUT2D eigenvalue weighted by Gasteiger charge is -2.46. The molecule has 2 saturated heterocycles. The molecule has 6 atom stereocenters. The second-order valence-corrected chi connectivity index (χ2v) is 19.3. The van der Waals surface area contributed by atoms with E-state index in [4.69, 9.17) is 28.4 Å². The summed E-state index contributed by atoms with van der Waals surface area (Å²) in [4.78, 5) is 70.8. The maximum Gasteiger partial charge on any atom is 0.421 e. The van der Waals surface area contributed by atoms with Crippen molar-refractivity contribution in [1.82, 2.24) is 14.7 Å². The summed E-state index contributed by atoms with van der Waals surface area (Å²) in [7, 11) is 6.57. The molecule has 10 rings (SSSR count). The number of cyclic esters (lactones) is 1. The number of hydrogen-bond acceptors (Lipinski definition) is 13. The van der Waals surface area contributed by atoms with Crippen LogP contribution in [-0.2, 0) is 53.5 Å². The van der Waals surface area contributed by atoms with E-state index in [1.807, 2.05) is 115 Å². The van der Waals surface area contributed by atoms with E-state index in [9.17, 15) is 9.90 Å². The van der Waals surface area contributed by atoms with Crippen molar-refractivity contribution in [3.05, 3.63) is 190 Å². The number of carbonyl (C=O) groups excluding carboxylic acids is 4. The van der Waals surface area contributed by atoms with Gasteiger partial charge in [0.15, 0.2) is 11.5 Å². The van der Waals surface area contributed by atoms with Gasteiger partial charge in [0.05, 0.1) is 57.7 Å². The molecular weight excluding hydrogens is 965 g/mol. The van der Waals surface area contributed by atoms with Gasteiger partial charge in [-0.3, -0.25) is 24.2 Å². The molecule has 2 fully saturated rings. The zero-order chi connectivity index (χ0) is 52.9. The third kappa shape index (κ3) is 9.43. The highest BCUT2D eigenvalue weighted by molar-refractivity contribution is 6.23. The number of aliphatic hydroxyl groups excluding tert-OH is 1. The number of rotatable bonds is 15. The molecule has 0 radical (unpaired) electrons. The Morgan fingerprint density at radius 1 is 0.763 bits per heavy atom. The Labute approximate surface area is 442 Å². The van der Waals surface area contributed by atoms with Gasteiger partial charge in [0.1, 0.15) is 36.5 Å². The third-order valence-corrected chi connectivity index (χ3v) is 14.9. The van der Waals surface area contributed by atoms with E-state index in [1.54, 1.807) is 49.5 Å². The summed E-state index contributed by atoms with van der Waals surface area (Å²) in [6.07, 6.45) is -1.52. The fraction of sp³-hybridized carbons (Fsp3) is 0.311. The Balaban J connectivity index is 1.24. The molecule has 6 aromatic carbocycles. The maximum atomic E-state index is 16.8. The van der Waals surface area contributed by atoms with Crippen molar-refractivity contribution in [3.63, 3.8) is 0 Å². The SMILES string of the molecule is COCCOC(=O)N1C(=O)C2(c3cc(C#CCN(C)Cc4ccccc4)ccc31)C(C(=O)N1CCc3cc(OC)c(OC)cc3C1)C1C(=O)OC(c3ccccc3)C(c3ccccc3)N1C2c1ccccc1OCCO. The molecule has 4 aliphatic rings. The van der Waals surface area contributed by atoms with E-state index in [0.29, 0.717) is 59.0 Å². The summed E-state index contributed by atoms with van der Waals surface area (Å²) >= 11 is 0. The Morgan fingerprint density at radius 2 is 1.43 bits per heavy atom. The van der Waals surface area contributed by atoms with Gasteiger partial charge in [-0.05, 0) is 83.2 Å². The second kappa shape index (κ2) is 22.5. The van der Waals surface area contributed by atoms with Gasteiger partial charge in [0.2, 0.25) is 11.8 Å². The largest absolute Gasteiger partial charge is 0.493 e. The highest BCUT2D eigenvalue weighted by Crippen LogP contribution is 2.67. The van der Waals surface area contributed by atoms with Crippen molar-refractivity contribution in [2.75, 3.05) is 72.8 Å². The molecule has 0 aromatic heterocycles. The summed E-state index contributed by atoms with van der Waals surface area (Å²) in [5.41, 5.74) is 3.60. The van der Waals surface area contributed by atoms with Crippen LogP contribution in [0.3, 0.4) is 0 Å². The van der Waals surface area contributed by atoms with Crippen LogP contribution in [0.1, 0.15) is 62.7 Å². The van der Waals surface area contributed by atoms with Crippen LogP contribution < -0.4 is 19.1 Å². The first-order valence-corrected chi connectivity index (χ1v) is 25.4. The number of carbonyl (C=O) groups is 4. The third-order valence-electron chi connectivity index (χ3n) is 14.9. The number of esters is 1. The monoisotopic (exact) mass is 1020 g/mol. The first kappa shape index (κ1) is 51.5. The number of hydrogen-bond donors (Lipinski definition) is 1. The average Bonchev–Trinajstić information content (AvgIpc) is 3.94. The molecule has 3 amide bonds. The molecule has 76 heavy (non-hydrogen) atoms. The van der Waals surface area contributed by atoms with Crippen molar-refractivity contribution >= 4 is 29.6 Å². The van der Waals surface area contributed by atoms with Gasteiger partial charge in [-0.15, -0.1) is 0 Å². The summed E-state index contributed by atoms with van der Waals surface area (Å²) in [6.45, 7) is 0.799. The molecule has 390 valence electrons. The highest BCUT2D eigenvalue weighted by Gasteiger charge is 2.76. The second-order valence-electron chi connectivity index (χ2n) is 19.3. The summed E-state index contributed by atoms with van der Waals surface area (Å²) in [5.74, 6) is 4.41. The number of imide groups is 1. The predicted octanol–water partition coefficient (Wildman–Crippen LogP) is 7.59. The number of methoxy groups -OCH3 is 3. The minimum absolute atomic E-state index is 0.0484. The van der Waals surface area contributed by atoms with Crippen LogP contribution in [0, 0.1) is 17.8 Å². The number of para-hydroxylation sites is 1. The lowest BCUT2D eigenvalue weighted by molar-refractivity contribution is -0.179. The molecule has 0 aliphatic carbocycles. The lowest BCUT2D eigenvalue weighted by Crippen LogP contribution is -2.57. The lowest BCUT2D eigenvalue weighted by atomic mass is 9.64. The molecule has 1 spiro atoms. The quantitative estimate of drug-likeness (QED) is 0.0611. The number of anilines is 1. The molecule has 4 aliphatic heterocycles. The molecule has 0 bridgehead atoms.